The van der Waals surface area contributed by atoms with Crippen molar-refractivity contribution in [2.45, 2.75) is 26.3 Å². The first-order valence-corrected chi connectivity index (χ1v) is 6.24. The van der Waals surface area contributed by atoms with Crippen LogP contribution in [0.15, 0.2) is 17.6 Å². The smallest absolute Gasteiger partial charge is 0.188 e. The number of nitrogens with one attached hydrogen (secondary N) is 1. The van der Waals surface area contributed by atoms with Gasteiger partial charge < -0.3 is 15.6 Å². The molecule has 1 aliphatic rings. The number of aromatic nitrogens is 3. The van der Waals surface area contributed by atoms with E-state index in [1.54, 1.807) is 6.08 Å². The summed E-state index contributed by atoms with van der Waals surface area (Å²) >= 11 is 0. The van der Waals surface area contributed by atoms with Crippen molar-refractivity contribution in [3.05, 3.63) is 24.3 Å². The molecule has 0 bridgehead atoms. The number of nitrogens with two attached hydrogens (primary N) is 1. The second-order valence-corrected chi connectivity index (χ2v) is 4.57. The Morgan fingerprint density at radius 1 is 1.67 bits per heavy atom. The molecule has 0 amide bonds. The fourth-order valence-electron chi connectivity index (χ4n) is 2.14. The van der Waals surface area contributed by atoms with Gasteiger partial charge in [0.1, 0.15) is 11.6 Å². The summed E-state index contributed by atoms with van der Waals surface area (Å²) in [5.41, 5.74) is 5.74. The fourth-order valence-corrected chi connectivity index (χ4v) is 2.14. The number of nitrogens with zero attached hydrogens (tertiary/aromatic N) is 4. The zero-order valence-corrected chi connectivity index (χ0v) is 10.8. The average Bonchev–Trinajstić information content (AvgIpc) is 2.75. The van der Waals surface area contributed by atoms with Gasteiger partial charge in [-0.2, -0.15) is 0 Å². The minimum absolute atomic E-state index is 0.487. The molecule has 0 aliphatic carbocycles. The molecule has 1 aliphatic heterocycles. The van der Waals surface area contributed by atoms with Crippen LogP contribution in [-0.4, -0.2) is 33.8 Å². The molecule has 1 aromatic heterocycles. The lowest BCUT2D eigenvalue weighted by Crippen LogP contribution is -2.33. The van der Waals surface area contributed by atoms with Crippen molar-refractivity contribution in [1.82, 2.24) is 20.1 Å². The number of hydrogen-bond acceptors (Lipinski definition) is 3. The normalized spacial score (nSPS) is 19.4. The number of rotatable bonds is 4. The van der Waals surface area contributed by atoms with Crippen LogP contribution in [0.5, 0.6) is 0 Å². The van der Waals surface area contributed by atoms with Crippen LogP contribution in [0.2, 0.25) is 0 Å². The van der Waals surface area contributed by atoms with Gasteiger partial charge in [0.2, 0.25) is 0 Å². The molecule has 1 aromatic rings. The second kappa shape index (κ2) is 5.66. The van der Waals surface area contributed by atoms with Gasteiger partial charge in [-0.3, -0.25) is 4.99 Å². The molecule has 2 rings (SSSR count). The van der Waals surface area contributed by atoms with Crippen LogP contribution in [0.25, 0.3) is 0 Å². The molecule has 0 aromatic carbocycles. The Kier molecular flexibility index (Phi) is 3.96. The number of hydrogen-bond donors (Lipinski definition) is 2. The number of guanidine groups is 1. The zero-order chi connectivity index (χ0) is 13.0. The van der Waals surface area contributed by atoms with Crippen LogP contribution < -0.4 is 11.1 Å². The van der Waals surface area contributed by atoms with Gasteiger partial charge in [-0.05, 0) is 19.3 Å². The van der Waals surface area contributed by atoms with Crippen LogP contribution in [0.3, 0.4) is 0 Å². The maximum atomic E-state index is 5.74. The first kappa shape index (κ1) is 12.6. The third kappa shape index (κ3) is 2.88. The molecule has 1 atom stereocenters. The highest BCUT2D eigenvalue weighted by atomic mass is 15.3. The van der Waals surface area contributed by atoms with Crippen LogP contribution in [0.4, 0.5) is 0 Å². The maximum absolute atomic E-state index is 5.74. The minimum Gasteiger partial charge on any atom is -0.370 e. The number of fused-ring (bicyclic) bond motifs is 1. The molecule has 98 valence electrons. The van der Waals surface area contributed by atoms with Gasteiger partial charge in [-0.25, -0.2) is 0 Å². The predicted octanol–water partition coefficient (Wildman–Crippen LogP) is 0.239. The SMILES string of the molecule is C=CCNC(N)=NCC1CCc2nnc(C)n2C1. The lowest BCUT2D eigenvalue weighted by molar-refractivity contribution is 0.370. The third-order valence-corrected chi connectivity index (χ3v) is 3.18. The van der Waals surface area contributed by atoms with E-state index in [0.29, 0.717) is 18.4 Å². The van der Waals surface area contributed by atoms with E-state index in [2.05, 4.69) is 31.7 Å². The van der Waals surface area contributed by atoms with Gasteiger partial charge in [-0.15, -0.1) is 16.8 Å². The molecule has 1 unspecified atom stereocenters. The molecule has 6 heteroatoms. The summed E-state index contributed by atoms with van der Waals surface area (Å²) in [5.74, 6) is 3.07. The van der Waals surface area contributed by atoms with Crippen molar-refractivity contribution in [2.75, 3.05) is 13.1 Å². The number of aliphatic imine (C=N–C) groups is 1. The summed E-state index contributed by atoms with van der Waals surface area (Å²) < 4.78 is 2.18. The van der Waals surface area contributed by atoms with E-state index in [0.717, 1.165) is 37.6 Å². The molecule has 6 nitrogen and oxygen atoms in total. The second-order valence-electron chi connectivity index (χ2n) is 4.57. The largest absolute Gasteiger partial charge is 0.370 e. The van der Waals surface area contributed by atoms with E-state index in [1.165, 1.54) is 0 Å². The zero-order valence-electron chi connectivity index (χ0n) is 10.8. The van der Waals surface area contributed by atoms with Crippen molar-refractivity contribution >= 4 is 5.96 Å². The predicted molar refractivity (Wildman–Crippen MR) is 71.3 cm³/mol. The summed E-state index contributed by atoms with van der Waals surface area (Å²) in [4.78, 5) is 4.35. The van der Waals surface area contributed by atoms with Gasteiger partial charge in [0.25, 0.3) is 0 Å². The molecule has 0 saturated heterocycles. The topological polar surface area (TPSA) is 81.1 Å². The summed E-state index contributed by atoms with van der Waals surface area (Å²) in [6, 6.07) is 0. The summed E-state index contributed by atoms with van der Waals surface area (Å²) in [6.45, 7) is 7.94. The molecule has 2 heterocycles. The Morgan fingerprint density at radius 3 is 3.28 bits per heavy atom. The summed E-state index contributed by atoms with van der Waals surface area (Å²) in [5, 5.41) is 11.2. The Labute approximate surface area is 107 Å². The lowest BCUT2D eigenvalue weighted by Gasteiger charge is -2.22. The van der Waals surface area contributed by atoms with Gasteiger partial charge in [0.15, 0.2) is 5.96 Å². The Hall–Kier alpha value is -1.85. The summed E-state index contributed by atoms with van der Waals surface area (Å²) in [6.07, 6.45) is 3.83. The highest BCUT2D eigenvalue weighted by Crippen LogP contribution is 2.19. The first-order valence-electron chi connectivity index (χ1n) is 6.24. The summed E-state index contributed by atoms with van der Waals surface area (Å²) in [7, 11) is 0. The van der Waals surface area contributed by atoms with Gasteiger partial charge >= 0.3 is 0 Å². The molecule has 0 radical (unpaired) electrons. The van der Waals surface area contributed by atoms with Crippen molar-refractivity contribution in [3.63, 3.8) is 0 Å². The van der Waals surface area contributed by atoms with Gasteiger partial charge in [0.05, 0.1) is 0 Å². The van der Waals surface area contributed by atoms with Crippen LogP contribution in [0.1, 0.15) is 18.1 Å². The molecule has 0 fully saturated rings. The van der Waals surface area contributed by atoms with Gasteiger partial charge in [0, 0.05) is 26.1 Å². The standard InChI is InChI=1S/C12H20N6/c1-3-6-14-12(13)15-7-10-4-5-11-17-16-9(2)18(11)8-10/h3,10H,1,4-8H2,2H3,(H3,13,14,15). The lowest BCUT2D eigenvalue weighted by atomic mass is 9.99. The van der Waals surface area contributed by atoms with Crippen molar-refractivity contribution in [1.29, 1.82) is 0 Å². The molecule has 0 saturated carbocycles. The molecular formula is C12H20N6. The van der Waals surface area contributed by atoms with Crippen LogP contribution >= 0.6 is 0 Å². The highest BCUT2D eigenvalue weighted by molar-refractivity contribution is 5.77. The minimum atomic E-state index is 0.487. The van der Waals surface area contributed by atoms with E-state index in [4.69, 9.17) is 5.73 Å². The molecular weight excluding hydrogens is 228 g/mol. The van der Waals surface area contributed by atoms with Crippen molar-refractivity contribution < 1.29 is 0 Å². The van der Waals surface area contributed by atoms with Crippen LogP contribution in [0, 0.1) is 12.8 Å². The highest BCUT2D eigenvalue weighted by Gasteiger charge is 2.21. The van der Waals surface area contributed by atoms with E-state index < -0.39 is 0 Å². The van der Waals surface area contributed by atoms with Crippen LogP contribution in [-0.2, 0) is 13.0 Å². The van der Waals surface area contributed by atoms with Crippen molar-refractivity contribution in [3.8, 4) is 0 Å². The fraction of sp³-hybridized carbons (Fsp3) is 0.583. The Morgan fingerprint density at radius 2 is 2.50 bits per heavy atom. The average molecular weight is 248 g/mol. The first-order chi connectivity index (χ1) is 8.70. The molecule has 0 spiro atoms. The molecule has 18 heavy (non-hydrogen) atoms. The third-order valence-electron chi connectivity index (χ3n) is 3.18. The van der Waals surface area contributed by atoms with E-state index in [-0.39, 0.29) is 0 Å². The van der Waals surface area contributed by atoms with E-state index in [1.807, 2.05) is 6.92 Å². The Bertz CT molecular complexity index is 447. The quantitative estimate of drug-likeness (QED) is 0.454. The van der Waals surface area contributed by atoms with Crippen molar-refractivity contribution in [2.24, 2.45) is 16.6 Å². The van der Waals surface area contributed by atoms with Gasteiger partial charge in [-0.1, -0.05) is 6.08 Å². The number of aryl methyl sites for hydroxylation is 2. The van der Waals surface area contributed by atoms with E-state index >= 15 is 0 Å². The van der Waals surface area contributed by atoms with E-state index in [9.17, 15) is 0 Å². The monoisotopic (exact) mass is 248 g/mol. The maximum Gasteiger partial charge on any atom is 0.188 e. The Balaban J connectivity index is 1.89. The molecule has 3 N–H and O–H groups in total.